The van der Waals surface area contributed by atoms with Crippen molar-refractivity contribution >= 4 is 51.0 Å². The summed E-state index contributed by atoms with van der Waals surface area (Å²) in [5, 5.41) is 6.70. The predicted molar refractivity (Wildman–Crippen MR) is 124 cm³/mol. The Labute approximate surface area is 201 Å². The van der Waals surface area contributed by atoms with Gasteiger partial charge in [-0.1, -0.05) is 23.7 Å². The van der Waals surface area contributed by atoms with Crippen LogP contribution in [0, 0.1) is 5.82 Å². The molecule has 1 saturated heterocycles. The van der Waals surface area contributed by atoms with Crippen molar-refractivity contribution in [3.8, 4) is 5.69 Å². The lowest BCUT2D eigenvalue weighted by atomic mass is 9.83. The summed E-state index contributed by atoms with van der Waals surface area (Å²) in [4.78, 5) is 27.2. The number of hydrogen-bond donors (Lipinski definition) is 2. The van der Waals surface area contributed by atoms with Crippen LogP contribution in [0.3, 0.4) is 0 Å². The summed E-state index contributed by atoms with van der Waals surface area (Å²) >= 11 is 9.48. The first-order valence-electron chi connectivity index (χ1n) is 10.2. The van der Waals surface area contributed by atoms with Crippen molar-refractivity contribution in [2.75, 3.05) is 24.1 Å². The summed E-state index contributed by atoms with van der Waals surface area (Å²) < 4.78 is 22.9. The van der Waals surface area contributed by atoms with Gasteiger partial charge in [-0.15, -0.1) is 0 Å². The number of fused-ring (bicyclic) bond motifs is 2. The summed E-state index contributed by atoms with van der Waals surface area (Å²) in [5.74, 6) is -0.892. The smallest absolute Gasteiger partial charge is 0.412 e. The van der Waals surface area contributed by atoms with E-state index in [0.29, 0.717) is 25.1 Å². The number of hydrogen-bond acceptors (Lipinski definition) is 5. The Kier molecular flexibility index (Phi) is 5.29. The molecule has 170 valence electrons. The molecule has 2 aliphatic heterocycles. The Bertz CT molecular complexity index is 1300. The second kappa shape index (κ2) is 8.03. The number of nitrogens with zero attached hydrogens (tertiary/aromatic N) is 3. The zero-order valence-electron chi connectivity index (χ0n) is 17.1. The van der Waals surface area contributed by atoms with E-state index in [4.69, 9.17) is 22.1 Å². The van der Waals surface area contributed by atoms with Gasteiger partial charge in [0.1, 0.15) is 11.4 Å². The molecule has 0 unspecified atom stereocenters. The summed E-state index contributed by atoms with van der Waals surface area (Å²) in [6.45, 7) is 0.353. The Morgan fingerprint density at radius 1 is 1.30 bits per heavy atom. The lowest BCUT2D eigenvalue weighted by Gasteiger charge is -2.45. The zero-order chi connectivity index (χ0) is 23.3. The molecule has 2 amide bonds. The number of benzene rings is 2. The van der Waals surface area contributed by atoms with Gasteiger partial charge in [-0.2, -0.15) is 5.10 Å². The van der Waals surface area contributed by atoms with Crippen LogP contribution in [0.2, 0.25) is 5.02 Å². The van der Waals surface area contributed by atoms with Crippen LogP contribution in [-0.2, 0) is 10.3 Å². The van der Waals surface area contributed by atoms with Gasteiger partial charge in [0.15, 0.2) is 11.4 Å². The van der Waals surface area contributed by atoms with Gasteiger partial charge in [0, 0.05) is 11.0 Å². The molecule has 0 saturated carbocycles. The van der Waals surface area contributed by atoms with Crippen LogP contribution in [0.1, 0.15) is 28.8 Å². The van der Waals surface area contributed by atoms with E-state index >= 15 is 4.39 Å². The van der Waals surface area contributed by atoms with Crippen molar-refractivity contribution < 1.29 is 18.7 Å². The minimum Gasteiger partial charge on any atom is -0.436 e. The monoisotopic (exact) mass is 533 g/mol. The van der Waals surface area contributed by atoms with Gasteiger partial charge in [-0.3, -0.25) is 10.1 Å². The number of nitrogen functional groups attached to an aromatic ring is 1. The number of aromatic nitrogens is 2. The Morgan fingerprint density at radius 3 is 2.88 bits per heavy atom. The van der Waals surface area contributed by atoms with E-state index in [1.54, 1.807) is 0 Å². The van der Waals surface area contributed by atoms with Crippen LogP contribution in [-0.4, -0.2) is 39.8 Å². The van der Waals surface area contributed by atoms with Gasteiger partial charge in [0.05, 0.1) is 34.7 Å². The molecule has 2 aliphatic rings. The van der Waals surface area contributed by atoms with Crippen LogP contribution in [0.25, 0.3) is 5.69 Å². The van der Waals surface area contributed by atoms with Crippen molar-refractivity contribution in [1.82, 2.24) is 14.7 Å². The van der Waals surface area contributed by atoms with Crippen LogP contribution in [0.5, 0.6) is 0 Å². The van der Waals surface area contributed by atoms with E-state index in [1.807, 2.05) is 24.3 Å². The number of likely N-dealkylation sites (tertiary alicyclic amines) is 1. The maximum atomic E-state index is 15.1. The van der Waals surface area contributed by atoms with Crippen LogP contribution >= 0.6 is 27.5 Å². The second-order valence-electron chi connectivity index (χ2n) is 7.93. The fourth-order valence-electron chi connectivity index (χ4n) is 4.46. The van der Waals surface area contributed by atoms with E-state index < -0.39 is 17.5 Å². The molecule has 0 radical (unpaired) electrons. The zero-order valence-corrected chi connectivity index (χ0v) is 19.5. The standard InChI is InChI=1S/C22H18BrClFN5O3/c23-13-4-1-2-5-16(13)30-19(26)12(10-27-30)20(31)29-9-3-8-22(11-29)17-15(28-21(32)33-22)7-6-14(24)18(17)25/h1-2,4-7,10H,3,8-9,11,26H2,(H,28,32)/t22-/m0/s1. The highest BCUT2D eigenvalue weighted by atomic mass is 79.9. The number of ether oxygens (including phenoxy) is 1. The number of nitrogens with one attached hydrogen (secondary N) is 1. The molecule has 8 nitrogen and oxygen atoms in total. The molecule has 1 fully saturated rings. The highest BCUT2D eigenvalue weighted by molar-refractivity contribution is 9.10. The summed E-state index contributed by atoms with van der Waals surface area (Å²) in [6, 6.07) is 10.3. The molecule has 0 aliphatic carbocycles. The number of halogens is 3. The third-order valence-corrected chi connectivity index (χ3v) is 6.90. The summed E-state index contributed by atoms with van der Waals surface area (Å²) in [7, 11) is 0. The third kappa shape index (κ3) is 3.53. The number of carbonyl (C=O) groups is 2. The molecule has 3 aromatic rings. The van der Waals surface area contributed by atoms with Crippen molar-refractivity contribution in [3.63, 3.8) is 0 Å². The van der Waals surface area contributed by atoms with Crippen molar-refractivity contribution in [1.29, 1.82) is 0 Å². The molecule has 33 heavy (non-hydrogen) atoms. The topological polar surface area (TPSA) is 102 Å². The van der Waals surface area contributed by atoms with E-state index in [-0.39, 0.29) is 40.1 Å². The summed E-state index contributed by atoms with van der Waals surface area (Å²) in [6.07, 6.45) is 1.53. The number of carbonyl (C=O) groups excluding carboxylic acids is 2. The first-order chi connectivity index (χ1) is 15.8. The highest BCUT2D eigenvalue weighted by Crippen LogP contribution is 2.45. The SMILES string of the molecule is Nc1c(C(=O)N2CCC[C@@]3(C2)OC(=O)Nc2ccc(Cl)c(F)c23)cnn1-c1ccccc1Br. The Morgan fingerprint density at radius 2 is 2.09 bits per heavy atom. The number of amides is 2. The first kappa shape index (κ1) is 21.7. The minimum atomic E-state index is -1.35. The van der Waals surface area contributed by atoms with Crippen LogP contribution in [0.4, 0.5) is 20.7 Å². The number of piperidine rings is 1. The van der Waals surface area contributed by atoms with Gasteiger partial charge >= 0.3 is 6.09 Å². The molecule has 2 aromatic carbocycles. The third-order valence-electron chi connectivity index (χ3n) is 5.93. The number of rotatable bonds is 2. The minimum absolute atomic E-state index is 0.0385. The molecule has 1 spiro atoms. The lowest BCUT2D eigenvalue weighted by Crippen LogP contribution is -2.53. The van der Waals surface area contributed by atoms with Gasteiger partial charge in [-0.05, 0) is 53.0 Å². The van der Waals surface area contributed by atoms with E-state index in [2.05, 4.69) is 26.3 Å². The maximum absolute atomic E-state index is 15.1. The molecular weight excluding hydrogens is 517 g/mol. The molecule has 11 heteroatoms. The van der Waals surface area contributed by atoms with E-state index in [1.165, 1.54) is 27.9 Å². The molecular formula is C22H18BrClFN5O3. The molecule has 3 N–H and O–H groups in total. The normalized spacial score (nSPS) is 19.7. The lowest BCUT2D eigenvalue weighted by molar-refractivity contribution is -0.0418. The Hall–Kier alpha value is -3.11. The largest absolute Gasteiger partial charge is 0.436 e. The average Bonchev–Trinajstić information content (AvgIpc) is 3.17. The quantitative estimate of drug-likeness (QED) is 0.496. The maximum Gasteiger partial charge on any atom is 0.412 e. The highest BCUT2D eigenvalue weighted by Gasteiger charge is 2.48. The van der Waals surface area contributed by atoms with Gasteiger partial charge < -0.3 is 15.4 Å². The van der Waals surface area contributed by atoms with Crippen molar-refractivity contribution in [2.45, 2.75) is 18.4 Å². The Balaban J connectivity index is 1.50. The van der Waals surface area contributed by atoms with E-state index in [0.717, 1.165) is 4.47 Å². The average molecular weight is 535 g/mol. The van der Waals surface area contributed by atoms with Gasteiger partial charge in [0.25, 0.3) is 5.91 Å². The van der Waals surface area contributed by atoms with Crippen molar-refractivity contribution in [3.05, 3.63) is 69.0 Å². The molecule has 1 aromatic heterocycles. The molecule has 3 heterocycles. The molecule has 5 rings (SSSR count). The van der Waals surface area contributed by atoms with E-state index in [9.17, 15) is 9.59 Å². The first-order valence-corrected chi connectivity index (χ1v) is 11.3. The number of nitrogens with two attached hydrogens (primary N) is 1. The molecule has 1 atom stereocenters. The van der Waals surface area contributed by atoms with Crippen molar-refractivity contribution in [2.24, 2.45) is 0 Å². The number of anilines is 2. The van der Waals surface area contributed by atoms with Crippen LogP contribution in [0.15, 0.2) is 47.1 Å². The fourth-order valence-corrected chi connectivity index (χ4v) is 5.07. The molecule has 0 bridgehead atoms. The van der Waals surface area contributed by atoms with Gasteiger partial charge in [0.2, 0.25) is 0 Å². The predicted octanol–water partition coefficient (Wildman–Crippen LogP) is 4.70. The second-order valence-corrected chi connectivity index (χ2v) is 9.19. The number of para-hydroxylation sites is 1. The summed E-state index contributed by atoms with van der Waals surface area (Å²) in [5.41, 5.74) is 6.24. The van der Waals surface area contributed by atoms with Crippen LogP contribution < -0.4 is 11.1 Å². The fraction of sp³-hybridized carbons (Fsp3) is 0.227. The van der Waals surface area contributed by atoms with Gasteiger partial charge in [-0.25, -0.2) is 13.9 Å².